The van der Waals surface area contributed by atoms with Gasteiger partial charge < -0.3 is 0 Å². The summed E-state index contributed by atoms with van der Waals surface area (Å²) in [4.78, 5) is 0. The summed E-state index contributed by atoms with van der Waals surface area (Å²) >= 11 is 0. The Morgan fingerprint density at radius 3 is 1.69 bits per heavy atom. The van der Waals surface area contributed by atoms with Crippen molar-refractivity contribution in [3.63, 3.8) is 0 Å². The van der Waals surface area contributed by atoms with E-state index in [4.69, 9.17) is 0 Å². The second kappa shape index (κ2) is 9.04. The van der Waals surface area contributed by atoms with Crippen molar-refractivity contribution in [2.45, 2.75) is 84.4 Å². The maximum atomic E-state index is 4.25. The smallest absolute Gasteiger partial charge is 0.0716 e. The van der Waals surface area contributed by atoms with Crippen LogP contribution < -0.4 is 0 Å². The normalized spacial score (nSPS) is 11.8. The molecular weight excluding hydrogens is 208 g/mol. The van der Waals surface area contributed by atoms with E-state index in [0.29, 0.717) is 0 Å². The van der Waals surface area contributed by atoms with Crippen molar-refractivity contribution in [2.75, 3.05) is 0 Å². The van der Waals surface area contributed by atoms with E-state index in [9.17, 15) is 0 Å². The van der Waals surface area contributed by atoms with Crippen LogP contribution in [0.25, 0.3) is 0 Å². The van der Waals surface area contributed by atoms with E-state index in [-0.39, 0.29) is 0 Å². The minimum Gasteiger partial charge on any atom is -0.104 e. The standard InChI is InChI=1S/C15H32Si/c1-6-7-8-9-10-11-12-13-14-15(2)16(3,4)5/h2,6-14H2,1,3-5H3. The fourth-order valence-electron chi connectivity index (χ4n) is 1.85. The van der Waals surface area contributed by atoms with Crippen molar-refractivity contribution < 1.29 is 0 Å². The van der Waals surface area contributed by atoms with Crippen molar-refractivity contribution in [1.29, 1.82) is 0 Å². The average Bonchev–Trinajstić information content (AvgIpc) is 2.20. The van der Waals surface area contributed by atoms with E-state index >= 15 is 0 Å². The molecule has 0 aliphatic rings. The maximum Gasteiger partial charge on any atom is 0.0716 e. The minimum absolute atomic E-state index is 1.04. The molecule has 0 unspecified atom stereocenters. The van der Waals surface area contributed by atoms with Gasteiger partial charge in [-0.25, -0.2) is 0 Å². The second-order valence-electron chi connectivity index (χ2n) is 6.08. The van der Waals surface area contributed by atoms with E-state index < -0.39 is 8.07 Å². The van der Waals surface area contributed by atoms with Crippen LogP contribution in [0.5, 0.6) is 0 Å². The first-order valence-corrected chi connectivity index (χ1v) is 10.7. The van der Waals surface area contributed by atoms with E-state index in [1.807, 2.05) is 0 Å². The molecule has 0 atom stereocenters. The van der Waals surface area contributed by atoms with Gasteiger partial charge in [-0.3, -0.25) is 0 Å². The van der Waals surface area contributed by atoms with Crippen molar-refractivity contribution in [3.05, 3.63) is 11.8 Å². The first kappa shape index (κ1) is 16.0. The van der Waals surface area contributed by atoms with Crippen molar-refractivity contribution >= 4 is 8.07 Å². The fraction of sp³-hybridized carbons (Fsp3) is 0.867. The molecule has 0 aromatic rings. The molecule has 0 nitrogen and oxygen atoms in total. The van der Waals surface area contributed by atoms with Crippen LogP contribution in [0.4, 0.5) is 0 Å². The molecule has 96 valence electrons. The quantitative estimate of drug-likeness (QED) is 0.327. The zero-order valence-electron chi connectivity index (χ0n) is 12.1. The van der Waals surface area contributed by atoms with E-state index in [1.165, 1.54) is 57.8 Å². The molecule has 0 aliphatic heterocycles. The van der Waals surface area contributed by atoms with Crippen LogP contribution in [0.3, 0.4) is 0 Å². The van der Waals surface area contributed by atoms with Gasteiger partial charge in [-0.2, -0.15) is 0 Å². The molecule has 0 radical (unpaired) electrons. The summed E-state index contributed by atoms with van der Waals surface area (Å²) < 4.78 is 0. The Kier molecular flexibility index (Phi) is 9.01. The summed E-state index contributed by atoms with van der Waals surface area (Å²) in [6, 6.07) is 0. The highest BCUT2D eigenvalue weighted by molar-refractivity contribution is 6.82. The number of allylic oxidation sites excluding steroid dienone is 1. The van der Waals surface area contributed by atoms with Crippen LogP contribution >= 0.6 is 0 Å². The number of rotatable bonds is 10. The second-order valence-corrected chi connectivity index (χ2v) is 11.3. The summed E-state index contributed by atoms with van der Waals surface area (Å²) in [5.74, 6) is 0. The van der Waals surface area contributed by atoms with Gasteiger partial charge in [0.05, 0.1) is 8.07 Å². The molecule has 0 saturated heterocycles. The molecular formula is C15H32Si. The first-order chi connectivity index (χ1) is 7.48. The molecule has 0 aromatic heterocycles. The van der Waals surface area contributed by atoms with Gasteiger partial charge >= 0.3 is 0 Å². The zero-order valence-corrected chi connectivity index (χ0v) is 13.1. The number of unbranched alkanes of at least 4 members (excludes halogenated alkanes) is 7. The van der Waals surface area contributed by atoms with Crippen LogP contribution in [0.2, 0.25) is 19.6 Å². The molecule has 0 N–H and O–H groups in total. The SMILES string of the molecule is C=C(CCCCCCCCCC)[Si](C)(C)C. The molecule has 0 aromatic carbocycles. The lowest BCUT2D eigenvalue weighted by atomic mass is 10.1. The van der Waals surface area contributed by atoms with Gasteiger partial charge in [0.25, 0.3) is 0 Å². The third-order valence-electron chi connectivity index (χ3n) is 3.39. The lowest BCUT2D eigenvalue weighted by Crippen LogP contribution is -2.22. The van der Waals surface area contributed by atoms with Gasteiger partial charge in [-0.1, -0.05) is 76.7 Å². The zero-order chi connectivity index (χ0) is 12.4. The highest BCUT2D eigenvalue weighted by Crippen LogP contribution is 2.19. The molecule has 1 heteroatoms. The van der Waals surface area contributed by atoms with E-state index in [2.05, 4.69) is 33.1 Å². The number of hydrogen-bond acceptors (Lipinski definition) is 0. The van der Waals surface area contributed by atoms with Gasteiger partial charge in [0.2, 0.25) is 0 Å². The van der Waals surface area contributed by atoms with Gasteiger partial charge in [0.1, 0.15) is 0 Å². The summed E-state index contributed by atoms with van der Waals surface area (Å²) in [6.45, 7) is 13.7. The third kappa shape index (κ3) is 9.20. The van der Waals surface area contributed by atoms with Crippen LogP contribution in [0, 0.1) is 0 Å². The molecule has 0 spiro atoms. The summed E-state index contributed by atoms with van der Waals surface area (Å²) in [6.07, 6.45) is 12.6. The van der Waals surface area contributed by atoms with E-state index in [1.54, 1.807) is 5.20 Å². The first-order valence-electron chi connectivity index (χ1n) is 7.16. The molecule has 0 amide bonds. The van der Waals surface area contributed by atoms with Gasteiger partial charge in [0, 0.05) is 0 Å². The lowest BCUT2D eigenvalue weighted by molar-refractivity contribution is 0.576. The molecule has 0 fully saturated rings. The largest absolute Gasteiger partial charge is 0.104 e. The molecule has 0 rings (SSSR count). The third-order valence-corrected chi connectivity index (χ3v) is 5.76. The average molecular weight is 241 g/mol. The van der Waals surface area contributed by atoms with E-state index in [0.717, 1.165) is 0 Å². The Balaban J connectivity index is 3.25. The molecule has 0 aliphatic carbocycles. The Morgan fingerprint density at radius 2 is 1.25 bits per heavy atom. The van der Waals surface area contributed by atoms with Crippen LogP contribution in [0.15, 0.2) is 11.8 Å². The Bertz CT molecular complexity index is 176. The van der Waals surface area contributed by atoms with Crippen molar-refractivity contribution in [3.8, 4) is 0 Å². The van der Waals surface area contributed by atoms with Crippen LogP contribution in [-0.2, 0) is 0 Å². The Hall–Kier alpha value is -0.0431. The van der Waals surface area contributed by atoms with Crippen molar-refractivity contribution in [1.82, 2.24) is 0 Å². The number of hydrogen-bond donors (Lipinski definition) is 0. The fourth-order valence-corrected chi connectivity index (χ4v) is 2.77. The van der Waals surface area contributed by atoms with Crippen LogP contribution in [-0.4, -0.2) is 8.07 Å². The molecule has 0 saturated carbocycles. The topological polar surface area (TPSA) is 0 Å². The molecule has 16 heavy (non-hydrogen) atoms. The minimum atomic E-state index is -1.04. The summed E-state index contributed by atoms with van der Waals surface area (Å²) in [5.41, 5.74) is 0. The van der Waals surface area contributed by atoms with Gasteiger partial charge in [0.15, 0.2) is 0 Å². The highest BCUT2D eigenvalue weighted by Gasteiger charge is 2.16. The summed E-state index contributed by atoms with van der Waals surface area (Å²) in [7, 11) is -1.04. The molecule has 0 heterocycles. The van der Waals surface area contributed by atoms with Gasteiger partial charge in [-0.05, 0) is 12.8 Å². The molecule has 0 bridgehead atoms. The van der Waals surface area contributed by atoms with Gasteiger partial charge in [-0.15, -0.1) is 6.58 Å². The van der Waals surface area contributed by atoms with Crippen molar-refractivity contribution in [2.24, 2.45) is 0 Å². The predicted molar refractivity (Wildman–Crippen MR) is 79.7 cm³/mol. The lowest BCUT2D eigenvalue weighted by Gasteiger charge is -2.19. The monoisotopic (exact) mass is 240 g/mol. The highest BCUT2D eigenvalue weighted by atomic mass is 28.3. The predicted octanol–water partition coefficient (Wildman–Crippen LogP) is 5.95. The Morgan fingerprint density at radius 1 is 0.812 bits per heavy atom. The summed E-state index contributed by atoms with van der Waals surface area (Å²) in [5, 5.41) is 1.55. The van der Waals surface area contributed by atoms with Crippen LogP contribution in [0.1, 0.15) is 64.7 Å². The maximum absolute atomic E-state index is 4.25. The Labute approximate surface area is 105 Å².